The molecule has 7 nitrogen and oxygen atoms in total. The molecule has 10 heteroatoms. The second-order valence-corrected chi connectivity index (χ2v) is 10.2. The summed E-state index contributed by atoms with van der Waals surface area (Å²) >= 11 is 1.18. The van der Waals surface area contributed by atoms with Crippen LogP contribution >= 0.6 is 11.3 Å². The van der Waals surface area contributed by atoms with Gasteiger partial charge >= 0.3 is 0 Å². The lowest BCUT2D eigenvalue weighted by atomic mass is 10.3. The Morgan fingerprint density at radius 2 is 1.67 bits per heavy atom. The molecule has 0 spiro atoms. The molecule has 1 aromatic heterocycles. The molecule has 21 heavy (non-hydrogen) atoms. The Balaban J connectivity index is 2.18. The van der Waals surface area contributed by atoms with Crippen LogP contribution in [0.25, 0.3) is 0 Å². The molecule has 2 heterocycles. The van der Waals surface area contributed by atoms with Gasteiger partial charge in [-0.15, -0.1) is 11.3 Å². The van der Waals surface area contributed by atoms with Gasteiger partial charge in [-0.25, -0.2) is 16.8 Å². The number of sulfonamides is 2. The van der Waals surface area contributed by atoms with Gasteiger partial charge in [0.1, 0.15) is 4.21 Å². The van der Waals surface area contributed by atoms with Gasteiger partial charge in [0.2, 0.25) is 10.0 Å². The first kappa shape index (κ1) is 16.8. The van der Waals surface area contributed by atoms with Gasteiger partial charge in [-0.05, 0) is 18.6 Å². The first-order chi connectivity index (χ1) is 9.66. The first-order valence-corrected chi connectivity index (χ1v) is 10.5. The Morgan fingerprint density at radius 3 is 2.10 bits per heavy atom. The molecule has 0 aromatic carbocycles. The van der Waals surface area contributed by atoms with Gasteiger partial charge in [0.15, 0.2) is 0 Å². The Labute approximate surface area is 129 Å². The van der Waals surface area contributed by atoms with E-state index in [-0.39, 0.29) is 30.4 Å². The summed E-state index contributed by atoms with van der Waals surface area (Å²) in [5.74, 6) is 0. The maximum Gasteiger partial charge on any atom is 0.252 e. The van der Waals surface area contributed by atoms with Crippen molar-refractivity contribution in [2.45, 2.75) is 17.7 Å². The smallest absolute Gasteiger partial charge is 0.252 e. The number of piperazine rings is 1. The maximum atomic E-state index is 12.6. The highest BCUT2D eigenvalue weighted by atomic mass is 32.2. The van der Waals surface area contributed by atoms with Crippen molar-refractivity contribution in [3.05, 3.63) is 16.5 Å². The van der Waals surface area contributed by atoms with Crippen LogP contribution < -0.4 is 5.73 Å². The van der Waals surface area contributed by atoms with Crippen LogP contribution in [-0.4, -0.2) is 57.9 Å². The molecule has 0 amide bonds. The number of aryl methyl sites for hydroxylation is 1. The van der Waals surface area contributed by atoms with Crippen molar-refractivity contribution in [2.24, 2.45) is 5.73 Å². The molecule has 0 saturated carbocycles. The molecule has 2 N–H and O–H groups in total. The quantitative estimate of drug-likeness (QED) is 0.806. The van der Waals surface area contributed by atoms with Crippen molar-refractivity contribution < 1.29 is 16.8 Å². The van der Waals surface area contributed by atoms with Crippen LogP contribution in [0.5, 0.6) is 0 Å². The molecular formula is C11H19N3O4S3. The molecule has 0 aliphatic carbocycles. The highest BCUT2D eigenvalue weighted by Gasteiger charge is 2.32. The summed E-state index contributed by atoms with van der Waals surface area (Å²) in [6.45, 7) is 2.86. The molecule has 1 saturated heterocycles. The number of thiophene rings is 1. The van der Waals surface area contributed by atoms with Crippen LogP contribution in [0.1, 0.15) is 10.4 Å². The van der Waals surface area contributed by atoms with Gasteiger partial charge in [0.25, 0.3) is 10.0 Å². The lowest BCUT2D eigenvalue weighted by molar-refractivity contribution is 0.274. The molecule has 1 aliphatic heterocycles. The van der Waals surface area contributed by atoms with E-state index < -0.39 is 20.0 Å². The number of rotatable bonds is 4. The third-order valence-electron chi connectivity index (χ3n) is 3.44. The van der Waals surface area contributed by atoms with Crippen molar-refractivity contribution in [3.8, 4) is 0 Å². The van der Waals surface area contributed by atoms with Gasteiger partial charge < -0.3 is 5.73 Å². The Morgan fingerprint density at radius 1 is 1.14 bits per heavy atom. The van der Waals surface area contributed by atoms with E-state index in [0.29, 0.717) is 6.54 Å². The first-order valence-electron chi connectivity index (χ1n) is 6.41. The lowest BCUT2D eigenvalue weighted by Gasteiger charge is -2.32. The fourth-order valence-electron chi connectivity index (χ4n) is 2.19. The van der Waals surface area contributed by atoms with Crippen molar-refractivity contribution in [3.63, 3.8) is 0 Å². The largest absolute Gasteiger partial charge is 0.326 e. The molecule has 0 atom stereocenters. The monoisotopic (exact) mass is 353 g/mol. The molecule has 1 fully saturated rings. The van der Waals surface area contributed by atoms with Gasteiger partial charge in [-0.3, -0.25) is 0 Å². The fourth-order valence-corrected chi connectivity index (χ4v) is 6.06. The summed E-state index contributed by atoms with van der Waals surface area (Å²) in [6, 6.07) is 1.63. The van der Waals surface area contributed by atoms with E-state index in [9.17, 15) is 16.8 Å². The van der Waals surface area contributed by atoms with Crippen LogP contribution in [0.4, 0.5) is 0 Å². The predicted octanol–water partition coefficient (Wildman–Crippen LogP) is -0.219. The van der Waals surface area contributed by atoms with Gasteiger partial charge in [0.05, 0.1) is 6.26 Å². The molecule has 0 unspecified atom stereocenters. The Bertz CT molecular complexity index is 716. The van der Waals surface area contributed by atoms with Crippen molar-refractivity contribution in [1.82, 2.24) is 8.61 Å². The van der Waals surface area contributed by atoms with Crippen LogP contribution in [0.3, 0.4) is 0 Å². The summed E-state index contributed by atoms with van der Waals surface area (Å²) in [6.07, 6.45) is 1.13. The van der Waals surface area contributed by atoms with Crippen LogP contribution in [-0.2, 0) is 26.6 Å². The fraction of sp³-hybridized carbons (Fsp3) is 0.636. The van der Waals surface area contributed by atoms with Gasteiger partial charge in [-0.1, -0.05) is 0 Å². The van der Waals surface area contributed by atoms with Crippen molar-refractivity contribution in [2.75, 3.05) is 32.4 Å². The third-order valence-corrected chi connectivity index (χ3v) is 8.35. The average molecular weight is 353 g/mol. The minimum atomic E-state index is -3.57. The number of nitrogens with two attached hydrogens (primary N) is 1. The van der Waals surface area contributed by atoms with E-state index in [1.54, 1.807) is 6.07 Å². The van der Waals surface area contributed by atoms with Crippen LogP contribution in [0.15, 0.2) is 10.3 Å². The number of hydrogen-bond donors (Lipinski definition) is 1. The summed E-state index contributed by atoms with van der Waals surface area (Å²) in [7, 11) is -6.84. The second kappa shape index (κ2) is 5.94. The van der Waals surface area contributed by atoms with E-state index >= 15 is 0 Å². The number of hydrogen-bond acceptors (Lipinski definition) is 6. The van der Waals surface area contributed by atoms with Crippen molar-refractivity contribution in [1.29, 1.82) is 0 Å². The summed E-state index contributed by atoms with van der Waals surface area (Å²) < 4.78 is 50.9. The predicted molar refractivity (Wildman–Crippen MR) is 82.1 cm³/mol. The molecular weight excluding hydrogens is 334 g/mol. The summed E-state index contributed by atoms with van der Waals surface area (Å²) in [5.41, 5.74) is 6.45. The van der Waals surface area contributed by atoms with E-state index in [0.717, 1.165) is 16.7 Å². The highest BCUT2D eigenvalue weighted by molar-refractivity contribution is 7.91. The lowest BCUT2D eigenvalue weighted by Crippen LogP contribution is -2.50. The third kappa shape index (κ3) is 3.46. The van der Waals surface area contributed by atoms with E-state index in [1.165, 1.54) is 19.9 Å². The Hall–Kier alpha value is -0.520. The zero-order valence-corrected chi connectivity index (χ0v) is 14.4. The minimum absolute atomic E-state index is 0.171. The zero-order chi connectivity index (χ0) is 15.8. The minimum Gasteiger partial charge on any atom is -0.326 e. The van der Waals surface area contributed by atoms with Crippen LogP contribution in [0.2, 0.25) is 0 Å². The van der Waals surface area contributed by atoms with Crippen molar-refractivity contribution >= 4 is 31.4 Å². The topological polar surface area (TPSA) is 101 Å². The standard InChI is InChI=1S/C11H19N3O4S3/c1-9-7-11(19-10(9)8-12)21(17,18)14-5-3-13(4-6-14)20(2,15)16/h7H,3-6,8,12H2,1-2H3. The summed E-state index contributed by atoms with van der Waals surface area (Å²) in [4.78, 5) is 0.850. The number of nitrogens with zero attached hydrogens (tertiary/aromatic N) is 2. The highest BCUT2D eigenvalue weighted by Crippen LogP contribution is 2.28. The SMILES string of the molecule is Cc1cc(S(=O)(=O)N2CCN(S(C)(=O)=O)CC2)sc1CN. The normalized spacial score (nSPS) is 19.0. The van der Waals surface area contributed by atoms with E-state index in [4.69, 9.17) is 5.73 Å². The van der Waals surface area contributed by atoms with E-state index in [1.807, 2.05) is 6.92 Å². The zero-order valence-electron chi connectivity index (χ0n) is 11.9. The van der Waals surface area contributed by atoms with Crippen LogP contribution in [0, 0.1) is 6.92 Å². The van der Waals surface area contributed by atoms with Gasteiger partial charge in [-0.2, -0.15) is 8.61 Å². The summed E-state index contributed by atoms with van der Waals surface area (Å²) in [5, 5.41) is 0. The Kier molecular flexibility index (Phi) is 4.76. The average Bonchev–Trinajstić information content (AvgIpc) is 2.80. The molecule has 1 aromatic rings. The molecule has 1 aliphatic rings. The van der Waals surface area contributed by atoms with E-state index in [2.05, 4.69) is 0 Å². The molecule has 2 rings (SSSR count). The molecule has 0 bridgehead atoms. The molecule has 0 radical (unpaired) electrons. The van der Waals surface area contributed by atoms with Gasteiger partial charge in [0, 0.05) is 37.6 Å². The maximum absolute atomic E-state index is 12.6. The molecule has 120 valence electrons. The second-order valence-electron chi connectivity index (χ2n) is 4.94.